The second-order valence-corrected chi connectivity index (χ2v) is 5.60. The smallest absolute Gasteiger partial charge is 0.248 e. The van der Waals surface area contributed by atoms with Gasteiger partial charge in [0.2, 0.25) is 17.8 Å². The van der Waals surface area contributed by atoms with E-state index in [1.807, 2.05) is 30.3 Å². The van der Waals surface area contributed by atoms with E-state index in [0.717, 1.165) is 5.56 Å². The van der Waals surface area contributed by atoms with E-state index in [4.69, 9.17) is 4.74 Å². The molecule has 1 saturated heterocycles. The number of aromatic nitrogens is 3. The molecule has 0 spiro atoms. The summed E-state index contributed by atoms with van der Waals surface area (Å²) in [5, 5.41) is 12.5. The number of halogens is 1. The van der Waals surface area contributed by atoms with Crippen molar-refractivity contribution < 1.29 is 14.3 Å². The lowest BCUT2D eigenvalue weighted by Gasteiger charge is -2.22. The molecule has 2 amide bonds. The topological polar surface area (TPSA) is 110 Å². The highest BCUT2D eigenvalue weighted by Crippen LogP contribution is 2.01. The minimum atomic E-state index is -0.421. The van der Waals surface area contributed by atoms with Crippen molar-refractivity contribution in [1.29, 1.82) is 0 Å². The Morgan fingerprint density at radius 3 is 2.85 bits per heavy atom. The van der Waals surface area contributed by atoms with Crippen LogP contribution in [0.4, 0.5) is 5.95 Å². The molecule has 2 aromatic rings. The average Bonchev–Trinajstić information content (AvgIpc) is 3.08. The zero-order chi connectivity index (χ0) is 17.5. The fraction of sp³-hybridized carbons (Fsp3) is 0.375. The highest BCUT2D eigenvalue weighted by molar-refractivity contribution is 5.93. The van der Waals surface area contributed by atoms with Crippen molar-refractivity contribution in [3.8, 4) is 0 Å². The molecule has 1 fully saturated rings. The van der Waals surface area contributed by atoms with Gasteiger partial charge >= 0.3 is 0 Å². The second-order valence-electron chi connectivity index (χ2n) is 5.60. The Bertz CT molecular complexity index is 718. The van der Waals surface area contributed by atoms with Gasteiger partial charge < -0.3 is 15.4 Å². The molecular formula is C16H21ClN6O3. The van der Waals surface area contributed by atoms with E-state index in [1.54, 1.807) is 0 Å². The molecule has 0 saturated carbocycles. The van der Waals surface area contributed by atoms with Gasteiger partial charge in [-0.1, -0.05) is 30.3 Å². The summed E-state index contributed by atoms with van der Waals surface area (Å²) in [6.45, 7) is 2.01. The van der Waals surface area contributed by atoms with Crippen molar-refractivity contribution in [3.05, 3.63) is 42.2 Å². The number of anilines is 1. The maximum Gasteiger partial charge on any atom is 0.248 e. The first-order chi connectivity index (χ1) is 12.2. The maximum absolute atomic E-state index is 12.0. The number of amides is 2. The average molecular weight is 381 g/mol. The second kappa shape index (κ2) is 9.85. The van der Waals surface area contributed by atoms with Crippen LogP contribution in [0, 0.1) is 0 Å². The predicted molar refractivity (Wildman–Crippen MR) is 96.8 cm³/mol. The standard InChI is InChI=1S/C16H20N6O3.ClH/c23-14(18-8-12-4-2-1-3-5-12)9-22-11-19-16(21-22)20-15(24)13-10-25-7-6-17-13;/h1-5,11,13,17H,6-10H2,(H,18,23)(H,20,21,24);1H. The maximum atomic E-state index is 12.0. The molecule has 2 heterocycles. The molecule has 1 aromatic carbocycles. The Morgan fingerprint density at radius 2 is 2.12 bits per heavy atom. The molecule has 1 aromatic heterocycles. The summed E-state index contributed by atoms with van der Waals surface area (Å²) >= 11 is 0. The Labute approximate surface area is 156 Å². The van der Waals surface area contributed by atoms with E-state index in [1.165, 1.54) is 11.0 Å². The summed E-state index contributed by atoms with van der Waals surface area (Å²) < 4.78 is 6.62. The van der Waals surface area contributed by atoms with Crippen LogP contribution in [0.25, 0.3) is 0 Å². The molecule has 140 valence electrons. The Hall–Kier alpha value is -2.49. The Morgan fingerprint density at radius 1 is 1.31 bits per heavy atom. The van der Waals surface area contributed by atoms with E-state index in [9.17, 15) is 9.59 Å². The SMILES string of the molecule is Cl.O=C(Cn1cnc(NC(=O)C2COCCN2)n1)NCc1ccccc1. The lowest BCUT2D eigenvalue weighted by Crippen LogP contribution is -2.49. The zero-order valence-electron chi connectivity index (χ0n) is 14.1. The number of nitrogens with one attached hydrogen (secondary N) is 3. The number of carbonyl (C=O) groups excluding carboxylic acids is 2. The van der Waals surface area contributed by atoms with Crippen LogP contribution in [0.3, 0.4) is 0 Å². The molecule has 0 bridgehead atoms. The minimum absolute atomic E-state index is 0. The fourth-order valence-electron chi connectivity index (χ4n) is 2.36. The molecule has 1 aliphatic rings. The van der Waals surface area contributed by atoms with Crippen molar-refractivity contribution in [3.63, 3.8) is 0 Å². The molecule has 3 rings (SSSR count). The van der Waals surface area contributed by atoms with Crippen LogP contribution in [0.15, 0.2) is 36.7 Å². The van der Waals surface area contributed by atoms with Gasteiger partial charge in [-0.3, -0.25) is 14.9 Å². The van der Waals surface area contributed by atoms with E-state index >= 15 is 0 Å². The summed E-state index contributed by atoms with van der Waals surface area (Å²) in [7, 11) is 0. The molecule has 3 N–H and O–H groups in total. The first kappa shape index (κ1) is 19.8. The summed E-state index contributed by atoms with van der Waals surface area (Å²) in [6.07, 6.45) is 1.41. The summed E-state index contributed by atoms with van der Waals surface area (Å²) in [5.41, 5.74) is 1.02. The van der Waals surface area contributed by atoms with Crippen LogP contribution >= 0.6 is 12.4 Å². The molecule has 0 radical (unpaired) electrons. The van der Waals surface area contributed by atoms with Crippen molar-refractivity contribution >= 4 is 30.2 Å². The Kier molecular flexibility index (Phi) is 7.52. The van der Waals surface area contributed by atoms with Gasteiger partial charge in [0.15, 0.2) is 0 Å². The zero-order valence-corrected chi connectivity index (χ0v) is 14.9. The van der Waals surface area contributed by atoms with Crippen LogP contribution in [-0.4, -0.2) is 52.4 Å². The number of rotatable bonds is 6. The third kappa shape index (κ3) is 5.80. The largest absolute Gasteiger partial charge is 0.378 e. The molecule has 1 aliphatic heterocycles. The van der Waals surface area contributed by atoms with Gasteiger partial charge in [0.25, 0.3) is 0 Å². The van der Waals surface area contributed by atoms with Crippen LogP contribution in [0.1, 0.15) is 5.56 Å². The van der Waals surface area contributed by atoms with Crippen LogP contribution in [-0.2, 0) is 27.4 Å². The van der Waals surface area contributed by atoms with E-state index in [-0.39, 0.29) is 36.7 Å². The molecule has 10 heteroatoms. The number of hydrogen-bond acceptors (Lipinski definition) is 6. The number of morpholine rings is 1. The van der Waals surface area contributed by atoms with Crippen molar-refractivity contribution in [2.24, 2.45) is 0 Å². The quantitative estimate of drug-likeness (QED) is 0.647. The van der Waals surface area contributed by atoms with Crippen LogP contribution in [0.5, 0.6) is 0 Å². The van der Waals surface area contributed by atoms with Gasteiger partial charge in [0, 0.05) is 13.1 Å². The normalized spacial score (nSPS) is 16.4. The first-order valence-corrected chi connectivity index (χ1v) is 8.03. The number of hydrogen-bond donors (Lipinski definition) is 3. The molecule has 9 nitrogen and oxygen atoms in total. The number of nitrogens with zero attached hydrogens (tertiary/aromatic N) is 3. The van der Waals surface area contributed by atoms with Gasteiger partial charge in [-0.2, -0.15) is 0 Å². The number of carbonyl (C=O) groups is 2. The summed E-state index contributed by atoms with van der Waals surface area (Å²) in [5.74, 6) is -0.284. The van der Waals surface area contributed by atoms with Gasteiger partial charge in [-0.05, 0) is 5.56 Å². The summed E-state index contributed by atoms with van der Waals surface area (Å²) in [6, 6.07) is 9.21. The lowest BCUT2D eigenvalue weighted by molar-refractivity contribution is -0.122. The molecule has 1 atom stereocenters. The summed E-state index contributed by atoms with van der Waals surface area (Å²) in [4.78, 5) is 28.0. The van der Waals surface area contributed by atoms with E-state index < -0.39 is 6.04 Å². The molecule has 0 aliphatic carbocycles. The van der Waals surface area contributed by atoms with E-state index in [2.05, 4.69) is 26.0 Å². The van der Waals surface area contributed by atoms with Crippen LogP contribution in [0.2, 0.25) is 0 Å². The van der Waals surface area contributed by atoms with Crippen molar-refractivity contribution in [2.75, 3.05) is 25.1 Å². The van der Waals surface area contributed by atoms with Crippen molar-refractivity contribution in [2.45, 2.75) is 19.1 Å². The minimum Gasteiger partial charge on any atom is -0.378 e. The monoisotopic (exact) mass is 380 g/mol. The first-order valence-electron chi connectivity index (χ1n) is 8.03. The fourth-order valence-corrected chi connectivity index (χ4v) is 2.36. The van der Waals surface area contributed by atoms with Crippen LogP contribution < -0.4 is 16.0 Å². The Balaban J connectivity index is 0.00000243. The molecule has 1 unspecified atom stereocenters. The number of benzene rings is 1. The van der Waals surface area contributed by atoms with Crippen molar-refractivity contribution in [1.82, 2.24) is 25.4 Å². The number of ether oxygens (including phenoxy) is 1. The van der Waals surface area contributed by atoms with Gasteiger partial charge in [0.05, 0.1) is 13.2 Å². The van der Waals surface area contributed by atoms with E-state index in [0.29, 0.717) is 26.3 Å². The van der Waals surface area contributed by atoms with Gasteiger partial charge in [-0.25, -0.2) is 9.67 Å². The van der Waals surface area contributed by atoms with Gasteiger partial charge in [0.1, 0.15) is 18.9 Å². The highest BCUT2D eigenvalue weighted by Gasteiger charge is 2.22. The highest BCUT2D eigenvalue weighted by atomic mass is 35.5. The van der Waals surface area contributed by atoms with Gasteiger partial charge in [-0.15, -0.1) is 17.5 Å². The molecule has 26 heavy (non-hydrogen) atoms. The third-order valence-electron chi connectivity index (χ3n) is 3.65. The third-order valence-corrected chi connectivity index (χ3v) is 3.65. The lowest BCUT2D eigenvalue weighted by atomic mass is 10.2. The molecular weight excluding hydrogens is 360 g/mol. The predicted octanol–water partition coefficient (Wildman–Crippen LogP) is -0.0568.